The molecular weight excluding hydrogens is 582 g/mol. The molecule has 0 saturated carbocycles. The molecule has 0 fully saturated rings. The molecule has 2 heterocycles. The molecule has 0 aliphatic heterocycles. The van der Waals surface area contributed by atoms with Gasteiger partial charge in [0, 0.05) is 43.0 Å². The van der Waals surface area contributed by atoms with Crippen molar-refractivity contribution in [3.05, 3.63) is 95.9 Å². The Kier molecular flexibility index (Phi) is 9.07. The van der Waals surface area contributed by atoms with Crippen molar-refractivity contribution in [1.29, 1.82) is 0 Å². The van der Waals surface area contributed by atoms with Crippen LogP contribution in [0.1, 0.15) is 27.9 Å². The fourth-order valence-electron chi connectivity index (χ4n) is 5.10. The predicted octanol–water partition coefficient (Wildman–Crippen LogP) is 3.71. The van der Waals surface area contributed by atoms with E-state index in [2.05, 4.69) is 30.4 Å². The van der Waals surface area contributed by atoms with Gasteiger partial charge in [0.15, 0.2) is 5.95 Å². The molecule has 228 valence electrons. The number of benzene rings is 3. The summed E-state index contributed by atoms with van der Waals surface area (Å²) in [6.45, 7) is 4.23. The zero-order valence-corrected chi connectivity index (χ0v) is 25.1. The van der Waals surface area contributed by atoms with E-state index in [0.29, 0.717) is 35.7 Å². The molecule has 5 N–H and O–H groups in total. The summed E-state index contributed by atoms with van der Waals surface area (Å²) in [7, 11) is -4.23. The summed E-state index contributed by atoms with van der Waals surface area (Å²) in [5, 5.41) is 20.7. The fourth-order valence-corrected chi connectivity index (χ4v) is 6.74. The molecule has 0 spiro atoms. The number of carboxylic acids is 1. The number of anilines is 1. The second-order valence-electron chi connectivity index (χ2n) is 10.4. The molecule has 5 aromatic rings. The van der Waals surface area contributed by atoms with Gasteiger partial charge in [-0.2, -0.15) is 9.82 Å². The average molecular weight is 616 g/mol. The predicted molar refractivity (Wildman–Crippen MR) is 167 cm³/mol. The minimum Gasteiger partial charge on any atom is -0.480 e. The first-order valence-electron chi connectivity index (χ1n) is 14.0. The number of carbonyl (C=O) groups excluding carboxylic acids is 1. The van der Waals surface area contributed by atoms with Crippen LogP contribution in [0, 0.1) is 13.8 Å². The van der Waals surface area contributed by atoms with Crippen LogP contribution in [-0.4, -0.2) is 64.3 Å². The quantitative estimate of drug-likeness (QED) is 0.125. The van der Waals surface area contributed by atoms with E-state index in [1.54, 1.807) is 62.8 Å². The number of aryl methyl sites for hydroxylation is 3. The Bertz CT molecular complexity index is 1860. The monoisotopic (exact) mass is 615 g/mol. The van der Waals surface area contributed by atoms with E-state index in [1.165, 1.54) is 0 Å². The molecule has 0 unspecified atom stereocenters. The van der Waals surface area contributed by atoms with Crippen LogP contribution in [0.4, 0.5) is 5.95 Å². The van der Waals surface area contributed by atoms with Gasteiger partial charge >= 0.3 is 5.97 Å². The van der Waals surface area contributed by atoms with Gasteiger partial charge in [0.25, 0.3) is 5.91 Å². The van der Waals surface area contributed by atoms with Gasteiger partial charge in [0.05, 0.1) is 16.6 Å². The number of aliphatic carboxylic acids is 1. The number of amides is 1. The average Bonchev–Trinajstić information content (AvgIpc) is 3.67. The van der Waals surface area contributed by atoms with E-state index in [-0.39, 0.29) is 4.90 Å². The number of aromatic nitrogens is 4. The number of hydrogen-bond acceptors (Lipinski definition) is 7. The van der Waals surface area contributed by atoms with Crippen LogP contribution in [0.15, 0.2) is 84.1 Å². The van der Waals surface area contributed by atoms with Gasteiger partial charge in [0.2, 0.25) is 10.0 Å². The number of imidazole rings is 1. The van der Waals surface area contributed by atoms with Crippen LogP contribution < -0.4 is 15.4 Å². The number of aromatic amines is 1. The number of carbonyl (C=O) groups is 2. The van der Waals surface area contributed by atoms with Crippen LogP contribution in [0.3, 0.4) is 0 Å². The zero-order valence-electron chi connectivity index (χ0n) is 24.2. The normalized spacial score (nSPS) is 12.2. The fraction of sp³-hybridized carbons (Fsp3) is 0.226. The molecule has 0 aliphatic rings. The molecule has 1 atom stereocenters. The molecule has 0 radical (unpaired) electrons. The van der Waals surface area contributed by atoms with Gasteiger partial charge in [-0.1, -0.05) is 42.5 Å². The minimum atomic E-state index is -4.23. The van der Waals surface area contributed by atoms with Crippen LogP contribution in [0.2, 0.25) is 0 Å². The maximum Gasteiger partial charge on any atom is 0.323 e. The highest BCUT2D eigenvalue weighted by atomic mass is 32.2. The molecule has 5 rings (SSSR count). The van der Waals surface area contributed by atoms with Crippen LogP contribution in [0.5, 0.6) is 0 Å². The molecule has 1 amide bonds. The SMILES string of the molecule is Cc1cc(-c2ccccc2)cc(C)c1S(=O)(=O)N[C@@H](CNC(=O)c1ccc2c(cnn2CCCNc2ncc[nH]2)c1)C(=O)O. The second-order valence-corrected chi connectivity index (χ2v) is 12.0. The van der Waals surface area contributed by atoms with Crippen molar-refractivity contribution < 1.29 is 23.1 Å². The number of rotatable bonds is 13. The highest BCUT2D eigenvalue weighted by molar-refractivity contribution is 7.89. The number of nitrogens with zero attached hydrogens (tertiary/aromatic N) is 3. The minimum absolute atomic E-state index is 0.00830. The van der Waals surface area contributed by atoms with Gasteiger partial charge in [-0.25, -0.2) is 13.4 Å². The number of nitrogens with one attached hydrogen (secondary N) is 4. The lowest BCUT2D eigenvalue weighted by molar-refractivity contribution is -0.138. The number of fused-ring (bicyclic) bond motifs is 1. The Balaban J connectivity index is 1.22. The number of carboxylic acid groups (broad SMARTS) is 1. The summed E-state index contributed by atoms with van der Waals surface area (Å²) in [5.74, 6) is -1.25. The lowest BCUT2D eigenvalue weighted by Crippen LogP contribution is -2.48. The van der Waals surface area contributed by atoms with Gasteiger partial charge in [-0.15, -0.1) is 0 Å². The molecule has 0 aliphatic carbocycles. The Morgan fingerprint density at radius 1 is 1.02 bits per heavy atom. The van der Waals surface area contributed by atoms with E-state index in [4.69, 9.17) is 0 Å². The molecule has 0 saturated heterocycles. The maximum absolute atomic E-state index is 13.3. The largest absolute Gasteiger partial charge is 0.480 e. The third kappa shape index (κ3) is 6.96. The molecule has 44 heavy (non-hydrogen) atoms. The highest BCUT2D eigenvalue weighted by Crippen LogP contribution is 2.28. The topological polar surface area (TPSA) is 171 Å². The Morgan fingerprint density at radius 2 is 1.77 bits per heavy atom. The Hall–Kier alpha value is -5.01. The number of sulfonamides is 1. The van der Waals surface area contributed by atoms with Crippen molar-refractivity contribution in [2.24, 2.45) is 0 Å². The third-order valence-electron chi connectivity index (χ3n) is 7.14. The molecular formula is C31H33N7O5S. The van der Waals surface area contributed by atoms with Gasteiger partial charge in [-0.3, -0.25) is 14.3 Å². The van der Waals surface area contributed by atoms with Crippen molar-refractivity contribution in [2.45, 2.75) is 37.8 Å². The van der Waals surface area contributed by atoms with Gasteiger partial charge in [-0.05, 0) is 60.7 Å². The summed E-state index contributed by atoms with van der Waals surface area (Å²) in [5.41, 5.74) is 3.89. The maximum atomic E-state index is 13.3. The number of H-pyrrole nitrogens is 1. The lowest BCUT2D eigenvalue weighted by atomic mass is 10.0. The van der Waals surface area contributed by atoms with Gasteiger partial charge < -0.3 is 20.7 Å². The number of hydrogen-bond donors (Lipinski definition) is 5. The van der Waals surface area contributed by atoms with Crippen LogP contribution in [0.25, 0.3) is 22.0 Å². The van der Waals surface area contributed by atoms with E-state index in [1.807, 2.05) is 35.0 Å². The van der Waals surface area contributed by atoms with E-state index >= 15 is 0 Å². The van der Waals surface area contributed by atoms with Crippen molar-refractivity contribution in [2.75, 3.05) is 18.4 Å². The van der Waals surface area contributed by atoms with Crippen molar-refractivity contribution in [3.63, 3.8) is 0 Å². The van der Waals surface area contributed by atoms with Gasteiger partial charge in [0.1, 0.15) is 6.04 Å². The zero-order chi connectivity index (χ0) is 31.3. The molecule has 0 bridgehead atoms. The Morgan fingerprint density at radius 3 is 2.45 bits per heavy atom. The first-order chi connectivity index (χ1) is 21.1. The summed E-state index contributed by atoms with van der Waals surface area (Å²) >= 11 is 0. The van der Waals surface area contributed by atoms with Crippen LogP contribution in [-0.2, 0) is 21.4 Å². The summed E-state index contributed by atoms with van der Waals surface area (Å²) in [4.78, 5) is 32.1. The molecule has 3 aromatic carbocycles. The van der Waals surface area contributed by atoms with Crippen molar-refractivity contribution in [1.82, 2.24) is 29.8 Å². The smallest absolute Gasteiger partial charge is 0.323 e. The van der Waals surface area contributed by atoms with E-state index in [0.717, 1.165) is 28.5 Å². The highest BCUT2D eigenvalue weighted by Gasteiger charge is 2.28. The molecule has 13 heteroatoms. The van der Waals surface area contributed by atoms with E-state index in [9.17, 15) is 23.1 Å². The second kappa shape index (κ2) is 13.1. The molecule has 2 aromatic heterocycles. The Labute approximate surface area is 254 Å². The van der Waals surface area contributed by atoms with Crippen molar-refractivity contribution >= 4 is 38.8 Å². The third-order valence-corrected chi connectivity index (χ3v) is 8.92. The lowest BCUT2D eigenvalue weighted by Gasteiger charge is -2.19. The van der Waals surface area contributed by atoms with Crippen molar-refractivity contribution in [3.8, 4) is 11.1 Å². The summed E-state index contributed by atoms with van der Waals surface area (Å²) < 4.78 is 30.8. The first kappa shape index (κ1) is 30.4. The molecule has 12 nitrogen and oxygen atoms in total. The summed E-state index contributed by atoms with van der Waals surface area (Å²) in [6, 6.07) is 16.5. The van der Waals surface area contributed by atoms with Crippen LogP contribution >= 0.6 is 0 Å². The summed E-state index contributed by atoms with van der Waals surface area (Å²) in [6.07, 6.45) is 5.87. The standard InChI is InChI=1S/C31H33N7O5S/c1-20-15-24(22-7-4-3-5-8-22)16-21(2)28(20)44(42,43)37-26(30(40)41)19-35-29(39)23-9-10-27-25(17-23)18-36-38(27)14-6-11-32-31-33-12-13-34-31/h3-5,7-10,12-13,15-18,26,37H,6,11,14,19H2,1-2H3,(H,35,39)(H,40,41)(H2,32,33,34)/t26-/m0/s1. The first-order valence-corrected chi connectivity index (χ1v) is 15.5. The van der Waals surface area contributed by atoms with E-state index < -0.39 is 34.5 Å².